The molecule has 2 unspecified atom stereocenters. The van der Waals surface area contributed by atoms with E-state index < -0.39 is 18.0 Å². The van der Waals surface area contributed by atoms with E-state index in [1.165, 1.54) is 31.0 Å². The fraction of sp³-hybridized carbons (Fsp3) is 0.333. The number of fused-ring (bicyclic) bond motifs is 1. The molecule has 2 atom stereocenters. The molecule has 1 heterocycles. The zero-order valence-electron chi connectivity index (χ0n) is 15.2. The molecule has 7 heteroatoms. The SMILES string of the molecule is O=C(NC1c2cc(N=CN3CCCC3)ccc2CC1O)c1ccc(F)c(Br)c1. The Hall–Kier alpha value is -2.25. The summed E-state index contributed by atoms with van der Waals surface area (Å²) in [6, 6.07) is 9.38. The minimum atomic E-state index is -0.708. The summed E-state index contributed by atoms with van der Waals surface area (Å²) >= 11 is 3.10. The van der Waals surface area contributed by atoms with Crippen molar-refractivity contribution in [3.63, 3.8) is 0 Å². The van der Waals surface area contributed by atoms with Gasteiger partial charge in [-0.2, -0.15) is 0 Å². The molecule has 2 N–H and O–H groups in total. The Morgan fingerprint density at radius 3 is 2.79 bits per heavy atom. The van der Waals surface area contributed by atoms with E-state index >= 15 is 0 Å². The van der Waals surface area contributed by atoms with Crippen LogP contribution in [-0.4, -0.2) is 41.4 Å². The van der Waals surface area contributed by atoms with Gasteiger partial charge >= 0.3 is 0 Å². The lowest BCUT2D eigenvalue weighted by molar-refractivity contribution is 0.0858. The van der Waals surface area contributed by atoms with Crippen molar-refractivity contribution in [2.45, 2.75) is 31.4 Å². The molecule has 2 aliphatic rings. The summed E-state index contributed by atoms with van der Waals surface area (Å²) in [5, 5.41) is 13.3. The van der Waals surface area contributed by atoms with Gasteiger partial charge < -0.3 is 15.3 Å². The Kier molecular flexibility index (Phi) is 5.46. The zero-order chi connectivity index (χ0) is 19.7. The molecule has 2 aromatic rings. The van der Waals surface area contributed by atoms with Crippen molar-refractivity contribution >= 4 is 33.9 Å². The highest BCUT2D eigenvalue weighted by molar-refractivity contribution is 9.10. The first-order chi connectivity index (χ1) is 13.5. The van der Waals surface area contributed by atoms with Gasteiger partial charge in [0.15, 0.2) is 0 Å². The number of hydrogen-bond donors (Lipinski definition) is 2. The number of carbonyl (C=O) groups is 1. The topological polar surface area (TPSA) is 64.9 Å². The van der Waals surface area contributed by atoms with Crippen LogP contribution in [0.25, 0.3) is 0 Å². The van der Waals surface area contributed by atoms with E-state index in [1.807, 2.05) is 24.5 Å². The smallest absolute Gasteiger partial charge is 0.251 e. The van der Waals surface area contributed by atoms with E-state index in [0.717, 1.165) is 29.9 Å². The third kappa shape index (κ3) is 3.95. The molecular weight excluding hydrogens is 425 g/mol. The minimum absolute atomic E-state index is 0.228. The monoisotopic (exact) mass is 445 g/mol. The molecule has 28 heavy (non-hydrogen) atoms. The van der Waals surface area contributed by atoms with Crippen molar-refractivity contribution < 1.29 is 14.3 Å². The maximum atomic E-state index is 13.4. The number of nitrogens with one attached hydrogen (secondary N) is 1. The molecule has 1 fully saturated rings. The zero-order valence-corrected chi connectivity index (χ0v) is 16.8. The Bertz CT molecular complexity index is 928. The first-order valence-electron chi connectivity index (χ1n) is 9.36. The molecule has 1 amide bonds. The molecule has 1 aliphatic carbocycles. The first kappa shape index (κ1) is 19.1. The van der Waals surface area contributed by atoms with Crippen LogP contribution in [0.15, 0.2) is 45.9 Å². The minimum Gasteiger partial charge on any atom is -0.390 e. The normalized spacial score (nSPS) is 21.3. The summed E-state index contributed by atoms with van der Waals surface area (Å²) in [7, 11) is 0. The lowest BCUT2D eigenvalue weighted by atomic mass is 10.1. The standard InChI is InChI=1S/C21H21BrFN3O2/c22-17-9-14(4-6-18(17)23)21(28)25-20-16-11-15(5-3-13(16)10-19(20)27)24-12-26-7-1-2-8-26/h3-6,9,11-12,19-20,27H,1-2,7-8,10H2,(H,25,28). The third-order valence-corrected chi connectivity index (χ3v) is 5.87. The number of halogens is 2. The van der Waals surface area contributed by atoms with Crippen LogP contribution in [0.5, 0.6) is 0 Å². The summed E-state index contributed by atoms with van der Waals surface area (Å²) < 4.78 is 13.6. The van der Waals surface area contributed by atoms with E-state index in [9.17, 15) is 14.3 Å². The van der Waals surface area contributed by atoms with E-state index in [-0.39, 0.29) is 10.4 Å². The van der Waals surface area contributed by atoms with Crippen molar-refractivity contribution in [3.8, 4) is 0 Å². The van der Waals surface area contributed by atoms with Crippen molar-refractivity contribution in [2.24, 2.45) is 4.99 Å². The number of benzene rings is 2. The number of nitrogens with zero attached hydrogens (tertiary/aromatic N) is 2. The number of aliphatic hydroxyl groups is 1. The Morgan fingerprint density at radius 1 is 1.25 bits per heavy atom. The second-order valence-corrected chi connectivity index (χ2v) is 8.08. The van der Waals surface area contributed by atoms with E-state index in [0.29, 0.717) is 12.0 Å². The number of hydrogen-bond acceptors (Lipinski definition) is 3. The van der Waals surface area contributed by atoms with Crippen molar-refractivity contribution in [1.82, 2.24) is 10.2 Å². The average Bonchev–Trinajstić information content (AvgIpc) is 3.30. The van der Waals surface area contributed by atoms with E-state index in [2.05, 4.69) is 31.1 Å². The fourth-order valence-electron chi connectivity index (χ4n) is 3.73. The average molecular weight is 446 g/mol. The summed E-state index contributed by atoms with van der Waals surface area (Å²) in [5.41, 5.74) is 3.00. The van der Waals surface area contributed by atoms with E-state index in [1.54, 1.807) is 0 Å². The third-order valence-electron chi connectivity index (χ3n) is 5.26. The molecule has 0 saturated carbocycles. The summed E-state index contributed by atoms with van der Waals surface area (Å²) in [6.07, 6.45) is 4.01. The van der Waals surface area contributed by atoms with Gasteiger partial charge in [-0.25, -0.2) is 9.38 Å². The molecule has 0 bridgehead atoms. The van der Waals surface area contributed by atoms with Crippen LogP contribution in [-0.2, 0) is 6.42 Å². The maximum absolute atomic E-state index is 13.4. The number of amides is 1. The fourth-order valence-corrected chi connectivity index (χ4v) is 4.11. The van der Waals surface area contributed by atoms with Gasteiger partial charge in [0.05, 0.1) is 28.6 Å². The predicted octanol–water partition coefficient (Wildman–Crippen LogP) is 3.73. The quantitative estimate of drug-likeness (QED) is 0.556. The molecule has 0 radical (unpaired) electrons. The van der Waals surface area contributed by atoms with Crippen LogP contribution >= 0.6 is 15.9 Å². The van der Waals surface area contributed by atoms with Crippen molar-refractivity contribution in [2.75, 3.05) is 13.1 Å². The van der Waals surface area contributed by atoms with Crippen LogP contribution < -0.4 is 5.32 Å². The molecule has 0 spiro atoms. The molecule has 4 rings (SSSR count). The lowest BCUT2D eigenvalue weighted by Gasteiger charge is -2.18. The van der Waals surface area contributed by atoms with Gasteiger partial charge in [-0.05, 0) is 70.2 Å². The molecule has 5 nitrogen and oxygen atoms in total. The molecule has 0 aromatic heterocycles. The van der Waals surface area contributed by atoms with Gasteiger partial charge in [0, 0.05) is 25.1 Å². The van der Waals surface area contributed by atoms with Crippen LogP contribution in [0.2, 0.25) is 0 Å². The van der Waals surface area contributed by atoms with Gasteiger partial charge in [0.25, 0.3) is 5.91 Å². The highest BCUT2D eigenvalue weighted by Gasteiger charge is 2.32. The largest absolute Gasteiger partial charge is 0.390 e. The molecular formula is C21H21BrFN3O2. The summed E-state index contributed by atoms with van der Waals surface area (Å²) in [5.74, 6) is -0.785. The number of rotatable bonds is 4. The van der Waals surface area contributed by atoms with Crippen LogP contribution in [0.1, 0.15) is 40.4 Å². The Morgan fingerprint density at radius 2 is 2.04 bits per heavy atom. The maximum Gasteiger partial charge on any atom is 0.251 e. The second kappa shape index (κ2) is 8.01. The van der Waals surface area contributed by atoms with Gasteiger partial charge in [-0.15, -0.1) is 0 Å². The summed E-state index contributed by atoms with van der Waals surface area (Å²) in [6.45, 7) is 2.05. The Labute approximate surface area is 171 Å². The highest BCUT2D eigenvalue weighted by Crippen LogP contribution is 2.34. The van der Waals surface area contributed by atoms with Gasteiger partial charge in [0.1, 0.15) is 5.82 Å². The second-order valence-electron chi connectivity index (χ2n) is 7.22. The van der Waals surface area contributed by atoms with Gasteiger partial charge in [-0.1, -0.05) is 6.07 Å². The predicted molar refractivity (Wildman–Crippen MR) is 109 cm³/mol. The van der Waals surface area contributed by atoms with Crippen LogP contribution in [0.3, 0.4) is 0 Å². The van der Waals surface area contributed by atoms with E-state index in [4.69, 9.17) is 0 Å². The van der Waals surface area contributed by atoms with Crippen molar-refractivity contribution in [1.29, 1.82) is 0 Å². The number of aliphatic hydroxyl groups excluding tert-OH is 1. The molecule has 1 saturated heterocycles. The first-order valence-corrected chi connectivity index (χ1v) is 10.2. The number of likely N-dealkylation sites (tertiary alicyclic amines) is 1. The van der Waals surface area contributed by atoms with Gasteiger partial charge in [-0.3, -0.25) is 4.79 Å². The Balaban J connectivity index is 1.53. The van der Waals surface area contributed by atoms with Gasteiger partial charge in [0.2, 0.25) is 0 Å². The van der Waals surface area contributed by atoms with Crippen molar-refractivity contribution in [3.05, 3.63) is 63.4 Å². The number of carbonyl (C=O) groups excluding carboxylic acids is 1. The lowest BCUT2D eigenvalue weighted by Crippen LogP contribution is -2.33. The van der Waals surface area contributed by atoms with Crippen LogP contribution in [0, 0.1) is 5.82 Å². The molecule has 1 aliphatic heterocycles. The molecule has 146 valence electrons. The van der Waals surface area contributed by atoms with Crippen LogP contribution in [0.4, 0.5) is 10.1 Å². The number of aliphatic imine (C=N–C) groups is 1. The molecule has 2 aromatic carbocycles. The summed E-state index contributed by atoms with van der Waals surface area (Å²) in [4.78, 5) is 19.3. The highest BCUT2D eigenvalue weighted by atomic mass is 79.9.